The molecule has 4 heteroatoms. The maximum atomic E-state index is 9.59. The van der Waals surface area contributed by atoms with Crippen LogP contribution in [0.1, 0.15) is 38.5 Å². The predicted molar refractivity (Wildman–Crippen MR) is 70.6 cm³/mol. The number of nitrogens with one attached hydrogen (secondary N) is 1. The minimum atomic E-state index is -0.0623. The molecule has 2 aliphatic rings. The van der Waals surface area contributed by atoms with Gasteiger partial charge in [-0.3, -0.25) is 0 Å². The van der Waals surface area contributed by atoms with Crippen LogP contribution in [0, 0.1) is 5.92 Å². The van der Waals surface area contributed by atoms with Gasteiger partial charge in [0.25, 0.3) is 0 Å². The van der Waals surface area contributed by atoms with Crippen LogP contribution in [0.25, 0.3) is 0 Å². The molecule has 0 radical (unpaired) electrons. The van der Waals surface area contributed by atoms with Crippen LogP contribution in [0.2, 0.25) is 0 Å². The third kappa shape index (κ3) is 3.23. The molecule has 1 heterocycles. The van der Waals surface area contributed by atoms with Crippen molar-refractivity contribution in [2.75, 3.05) is 33.5 Å². The summed E-state index contributed by atoms with van der Waals surface area (Å²) in [6, 6.07) is 0. The summed E-state index contributed by atoms with van der Waals surface area (Å²) >= 11 is 0. The lowest BCUT2D eigenvalue weighted by atomic mass is 9.86. The topological polar surface area (TPSA) is 50.7 Å². The van der Waals surface area contributed by atoms with Crippen LogP contribution >= 0.6 is 0 Å². The fourth-order valence-corrected chi connectivity index (χ4v) is 3.40. The van der Waals surface area contributed by atoms with Crippen molar-refractivity contribution >= 4 is 0 Å². The molecule has 1 saturated carbocycles. The van der Waals surface area contributed by atoms with E-state index in [1.807, 2.05) is 7.05 Å². The Labute approximate surface area is 110 Å². The molecule has 2 fully saturated rings. The number of aliphatic hydroxyl groups excluding tert-OH is 1. The fourth-order valence-electron chi connectivity index (χ4n) is 3.40. The molecule has 2 rings (SSSR count). The first-order valence-corrected chi connectivity index (χ1v) is 7.30. The molecule has 106 valence electrons. The second kappa shape index (κ2) is 6.85. The summed E-state index contributed by atoms with van der Waals surface area (Å²) in [6.07, 6.45) is 7.15. The Kier molecular flexibility index (Phi) is 5.42. The van der Waals surface area contributed by atoms with Crippen molar-refractivity contribution < 1.29 is 14.6 Å². The number of hydrogen-bond donors (Lipinski definition) is 2. The van der Waals surface area contributed by atoms with Gasteiger partial charge in [0.05, 0.1) is 19.3 Å². The summed E-state index contributed by atoms with van der Waals surface area (Å²) in [5.74, 6) is 0.539. The number of rotatable bonds is 7. The third-order valence-electron chi connectivity index (χ3n) is 4.68. The van der Waals surface area contributed by atoms with Crippen molar-refractivity contribution in [1.82, 2.24) is 5.32 Å². The number of aliphatic hydroxyl groups is 1. The molecule has 0 bridgehead atoms. The van der Waals surface area contributed by atoms with E-state index >= 15 is 0 Å². The predicted octanol–water partition coefficient (Wildman–Crippen LogP) is 1.32. The van der Waals surface area contributed by atoms with E-state index in [9.17, 15) is 5.11 Å². The minimum absolute atomic E-state index is 0.0623. The van der Waals surface area contributed by atoms with Crippen LogP contribution in [-0.4, -0.2) is 50.2 Å². The normalized spacial score (nSPS) is 36.3. The summed E-state index contributed by atoms with van der Waals surface area (Å²) in [6.45, 7) is 2.65. The Morgan fingerprint density at radius 2 is 2.28 bits per heavy atom. The second-order valence-corrected chi connectivity index (χ2v) is 5.65. The van der Waals surface area contributed by atoms with Crippen LogP contribution in [0.4, 0.5) is 0 Å². The molecule has 0 spiro atoms. The zero-order valence-electron chi connectivity index (χ0n) is 11.5. The summed E-state index contributed by atoms with van der Waals surface area (Å²) < 4.78 is 11.3. The van der Waals surface area contributed by atoms with Gasteiger partial charge in [0.15, 0.2) is 0 Å². The molecule has 4 nitrogen and oxygen atoms in total. The zero-order valence-corrected chi connectivity index (χ0v) is 11.5. The summed E-state index contributed by atoms with van der Waals surface area (Å²) in [4.78, 5) is 0. The van der Waals surface area contributed by atoms with Crippen LogP contribution < -0.4 is 5.32 Å². The van der Waals surface area contributed by atoms with Crippen molar-refractivity contribution in [3.63, 3.8) is 0 Å². The molecule has 18 heavy (non-hydrogen) atoms. The maximum Gasteiger partial charge on any atom is 0.0809 e. The largest absolute Gasteiger partial charge is 0.394 e. The van der Waals surface area contributed by atoms with Gasteiger partial charge in [-0.2, -0.15) is 0 Å². The van der Waals surface area contributed by atoms with Crippen molar-refractivity contribution in [2.24, 2.45) is 5.92 Å². The van der Waals surface area contributed by atoms with E-state index in [-0.39, 0.29) is 12.1 Å². The van der Waals surface area contributed by atoms with E-state index in [4.69, 9.17) is 9.47 Å². The summed E-state index contributed by atoms with van der Waals surface area (Å²) in [7, 11) is 1.96. The van der Waals surface area contributed by atoms with Crippen LogP contribution in [-0.2, 0) is 9.47 Å². The third-order valence-corrected chi connectivity index (χ3v) is 4.68. The summed E-state index contributed by atoms with van der Waals surface area (Å²) in [5.41, 5.74) is -0.0623. The number of hydrogen-bond acceptors (Lipinski definition) is 4. The summed E-state index contributed by atoms with van der Waals surface area (Å²) in [5, 5.41) is 12.9. The van der Waals surface area contributed by atoms with E-state index in [0.29, 0.717) is 12.0 Å². The minimum Gasteiger partial charge on any atom is -0.394 e. The highest BCUT2D eigenvalue weighted by molar-refractivity contribution is 4.97. The molecular weight excluding hydrogens is 230 g/mol. The Bertz CT molecular complexity index is 237. The number of likely N-dealkylation sites (N-methyl/N-ethyl adjacent to an activating group) is 1. The quantitative estimate of drug-likeness (QED) is 0.676. The van der Waals surface area contributed by atoms with Gasteiger partial charge in [0.1, 0.15) is 0 Å². The molecule has 3 atom stereocenters. The fraction of sp³-hybridized carbons (Fsp3) is 1.00. The molecule has 2 N–H and O–H groups in total. The standard InChI is InChI=1S/C14H27NO3/c1-15-14(11-16)7-2-4-12(14)6-9-17-10-13-5-3-8-18-13/h12-13,15-16H,2-11H2,1H3. The molecule has 1 saturated heterocycles. The smallest absolute Gasteiger partial charge is 0.0809 e. The Hall–Kier alpha value is -0.160. The van der Waals surface area contributed by atoms with E-state index in [1.165, 1.54) is 19.3 Å². The van der Waals surface area contributed by atoms with Crippen LogP contribution in [0.5, 0.6) is 0 Å². The lowest BCUT2D eigenvalue weighted by molar-refractivity contribution is 0.00837. The first kappa shape index (κ1) is 14.3. The van der Waals surface area contributed by atoms with Crippen molar-refractivity contribution in [1.29, 1.82) is 0 Å². The molecule has 0 aromatic carbocycles. The van der Waals surface area contributed by atoms with Crippen molar-refractivity contribution in [3.8, 4) is 0 Å². The van der Waals surface area contributed by atoms with Crippen LogP contribution in [0.15, 0.2) is 0 Å². The average molecular weight is 257 g/mol. The maximum absolute atomic E-state index is 9.59. The van der Waals surface area contributed by atoms with Gasteiger partial charge in [0, 0.05) is 18.8 Å². The molecular formula is C14H27NO3. The first-order chi connectivity index (χ1) is 8.80. The highest BCUT2D eigenvalue weighted by atomic mass is 16.5. The van der Waals surface area contributed by atoms with E-state index in [2.05, 4.69) is 5.32 Å². The van der Waals surface area contributed by atoms with Gasteiger partial charge in [-0.05, 0) is 45.1 Å². The molecule has 1 aliphatic heterocycles. The Morgan fingerprint density at radius 3 is 2.94 bits per heavy atom. The average Bonchev–Trinajstić information content (AvgIpc) is 3.04. The van der Waals surface area contributed by atoms with Gasteiger partial charge in [-0.1, -0.05) is 6.42 Å². The lowest BCUT2D eigenvalue weighted by Crippen LogP contribution is -2.49. The van der Waals surface area contributed by atoms with Gasteiger partial charge in [0.2, 0.25) is 0 Å². The molecule has 0 aromatic rings. The van der Waals surface area contributed by atoms with E-state index < -0.39 is 0 Å². The SMILES string of the molecule is CNC1(CO)CCCC1CCOCC1CCCO1. The second-order valence-electron chi connectivity index (χ2n) is 5.65. The Morgan fingerprint density at radius 1 is 1.39 bits per heavy atom. The van der Waals surface area contributed by atoms with Crippen LogP contribution in [0.3, 0.4) is 0 Å². The van der Waals surface area contributed by atoms with Gasteiger partial charge in [-0.25, -0.2) is 0 Å². The lowest BCUT2D eigenvalue weighted by Gasteiger charge is -2.33. The zero-order chi connectivity index (χ0) is 12.8. The number of ether oxygens (including phenoxy) is 2. The highest BCUT2D eigenvalue weighted by Crippen LogP contribution is 2.37. The Balaban J connectivity index is 1.66. The highest BCUT2D eigenvalue weighted by Gasteiger charge is 2.40. The van der Waals surface area contributed by atoms with E-state index in [1.54, 1.807) is 0 Å². The van der Waals surface area contributed by atoms with Gasteiger partial charge >= 0.3 is 0 Å². The van der Waals surface area contributed by atoms with Gasteiger partial charge in [-0.15, -0.1) is 0 Å². The van der Waals surface area contributed by atoms with E-state index in [0.717, 1.165) is 39.1 Å². The molecule has 3 unspecified atom stereocenters. The first-order valence-electron chi connectivity index (χ1n) is 7.30. The molecule has 0 aromatic heterocycles. The van der Waals surface area contributed by atoms with Crippen molar-refractivity contribution in [3.05, 3.63) is 0 Å². The van der Waals surface area contributed by atoms with Crippen molar-refractivity contribution in [2.45, 2.75) is 50.2 Å². The molecule has 1 aliphatic carbocycles. The monoisotopic (exact) mass is 257 g/mol. The van der Waals surface area contributed by atoms with Gasteiger partial charge < -0.3 is 19.9 Å². The molecule has 0 amide bonds.